The zero-order valence-corrected chi connectivity index (χ0v) is 10.4. The molecular weight excluding hydrogens is 268 g/mol. The molecule has 0 fully saturated rings. The lowest BCUT2D eigenvalue weighted by atomic mass is 10.3. The minimum absolute atomic E-state index is 0.0583. The predicted octanol–water partition coefficient (Wildman–Crippen LogP) is 0.906. The maximum Gasteiger partial charge on any atom is 0.317 e. The number of hydrogen-bond acceptors (Lipinski definition) is 6. The molecule has 8 nitrogen and oxygen atoms in total. The fraction of sp³-hybridized carbons (Fsp3) is 0.250. The molecule has 0 aromatic carbocycles. The highest BCUT2D eigenvalue weighted by molar-refractivity contribution is 5.72. The maximum atomic E-state index is 10.7. The van der Waals surface area contributed by atoms with Crippen LogP contribution in [-0.2, 0) is 16.1 Å². The van der Waals surface area contributed by atoms with Crippen molar-refractivity contribution in [2.24, 2.45) is 0 Å². The van der Waals surface area contributed by atoms with E-state index in [1.807, 2.05) is 0 Å². The number of carboxylic acid groups (broad SMARTS) is 2. The normalized spacial score (nSPS) is 10.8. The van der Waals surface area contributed by atoms with Gasteiger partial charge in [0.05, 0.1) is 25.0 Å². The molecule has 0 unspecified atom stereocenters. The Morgan fingerprint density at radius 1 is 1.20 bits per heavy atom. The molecule has 0 radical (unpaired) electrons. The molecule has 2 heterocycles. The molecule has 0 saturated heterocycles. The Morgan fingerprint density at radius 3 is 2.45 bits per heavy atom. The lowest BCUT2D eigenvalue weighted by Gasteiger charge is -2.15. The van der Waals surface area contributed by atoms with Crippen LogP contribution in [0.4, 0.5) is 0 Å². The van der Waals surface area contributed by atoms with Crippen LogP contribution in [0.15, 0.2) is 33.4 Å². The molecule has 2 rings (SSSR count). The molecular formula is C12H12N2O6. The predicted molar refractivity (Wildman–Crippen MR) is 64.8 cm³/mol. The summed E-state index contributed by atoms with van der Waals surface area (Å²) in [6.07, 6.45) is 1.48. The Bertz CT molecular complexity index is 573. The van der Waals surface area contributed by atoms with E-state index >= 15 is 0 Å². The van der Waals surface area contributed by atoms with Crippen LogP contribution in [-0.4, -0.2) is 45.3 Å². The number of aromatic nitrogens is 1. The minimum atomic E-state index is -1.11. The number of nitrogens with zero attached hydrogens (tertiary/aromatic N) is 2. The highest BCUT2D eigenvalue weighted by atomic mass is 16.5. The van der Waals surface area contributed by atoms with Crippen LogP contribution < -0.4 is 0 Å². The van der Waals surface area contributed by atoms with Crippen molar-refractivity contribution in [3.63, 3.8) is 0 Å². The SMILES string of the molecule is O=C(O)CN(CC(=O)O)Cc1cc(-c2ccco2)on1. The van der Waals surface area contributed by atoms with Gasteiger partial charge in [0.25, 0.3) is 0 Å². The molecule has 2 N–H and O–H groups in total. The van der Waals surface area contributed by atoms with Crippen LogP contribution in [0.1, 0.15) is 5.69 Å². The van der Waals surface area contributed by atoms with E-state index in [9.17, 15) is 9.59 Å². The average molecular weight is 280 g/mol. The van der Waals surface area contributed by atoms with Gasteiger partial charge in [0.15, 0.2) is 5.76 Å². The van der Waals surface area contributed by atoms with E-state index in [0.29, 0.717) is 17.2 Å². The second-order valence-corrected chi connectivity index (χ2v) is 4.09. The van der Waals surface area contributed by atoms with Crippen LogP contribution in [0.3, 0.4) is 0 Å². The molecule has 2 aromatic heterocycles. The van der Waals surface area contributed by atoms with E-state index in [0.717, 1.165) is 0 Å². The fourth-order valence-corrected chi connectivity index (χ4v) is 1.70. The van der Waals surface area contributed by atoms with Crippen LogP contribution >= 0.6 is 0 Å². The summed E-state index contributed by atoms with van der Waals surface area (Å²) in [5, 5.41) is 21.2. The van der Waals surface area contributed by atoms with Crippen molar-refractivity contribution < 1.29 is 28.7 Å². The van der Waals surface area contributed by atoms with Gasteiger partial charge in [-0.1, -0.05) is 5.16 Å². The first-order valence-corrected chi connectivity index (χ1v) is 5.70. The lowest BCUT2D eigenvalue weighted by molar-refractivity contribution is -0.142. The molecule has 0 spiro atoms. The average Bonchev–Trinajstić information content (AvgIpc) is 2.95. The topological polar surface area (TPSA) is 117 Å². The molecule has 2 aromatic rings. The fourth-order valence-electron chi connectivity index (χ4n) is 1.70. The van der Waals surface area contributed by atoms with Crippen LogP contribution in [0, 0.1) is 0 Å². The molecule has 8 heteroatoms. The monoisotopic (exact) mass is 280 g/mol. The number of carboxylic acids is 2. The van der Waals surface area contributed by atoms with Gasteiger partial charge in [-0.15, -0.1) is 0 Å². The first-order valence-electron chi connectivity index (χ1n) is 5.70. The highest BCUT2D eigenvalue weighted by Gasteiger charge is 2.17. The molecule has 20 heavy (non-hydrogen) atoms. The molecule has 106 valence electrons. The summed E-state index contributed by atoms with van der Waals surface area (Å²) in [5.41, 5.74) is 0.430. The van der Waals surface area contributed by atoms with Gasteiger partial charge in [0, 0.05) is 12.6 Å². The summed E-state index contributed by atoms with van der Waals surface area (Å²) in [4.78, 5) is 22.6. The summed E-state index contributed by atoms with van der Waals surface area (Å²) in [6, 6.07) is 4.96. The van der Waals surface area contributed by atoms with Gasteiger partial charge in [-0.05, 0) is 12.1 Å². The smallest absolute Gasteiger partial charge is 0.317 e. The van der Waals surface area contributed by atoms with E-state index in [-0.39, 0.29) is 6.54 Å². The van der Waals surface area contributed by atoms with Crippen molar-refractivity contribution >= 4 is 11.9 Å². The largest absolute Gasteiger partial charge is 0.480 e. The summed E-state index contributed by atoms with van der Waals surface area (Å²) >= 11 is 0. The van der Waals surface area contributed by atoms with Crippen molar-refractivity contribution in [1.82, 2.24) is 10.1 Å². The number of aliphatic carboxylic acids is 2. The summed E-state index contributed by atoms with van der Waals surface area (Å²) in [5.74, 6) is -1.33. The molecule has 0 aliphatic heterocycles. The number of carbonyl (C=O) groups is 2. The van der Waals surface area contributed by atoms with Gasteiger partial charge in [-0.25, -0.2) is 0 Å². The van der Waals surface area contributed by atoms with E-state index in [1.54, 1.807) is 18.2 Å². The van der Waals surface area contributed by atoms with Gasteiger partial charge >= 0.3 is 11.9 Å². The van der Waals surface area contributed by atoms with Crippen molar-refractivity contribution in [3.05, 3.63) is 30.2 Å². The van der Waals surface area contributed by atoms with Crippen molar-refractivity contribution in [2.45, 2.75) is 6.54 Å². The Labute approximate surface area is 113 Å². The van der Waals surface area contributed by atoms with Gasteiger partial charge in [-0.2, -0.15) is 0 Å². The third-order valence-corrected chi connectivity index (χ3v) is 2.43. The third-order valence-electron chi connectivity index (χ3n) is 2.43. The Kier molecular flexibility index (Phi) is 4.16. The summed E-state index contributed by atoms with van der Waals surface area (Å²) in [6.45, 7) is -0.729. The molecule has 0 bridgehead atoms. The maximum absolute atomic E-state index is 10.7. The summed E-state index contributed by atoms with van der Waals surface area (Å²) in [7, 11) is 0. The number of furan rings is 1. The lowest BCUT2D eigenvalue weighted by Crippen LogP contribution is -2.34. The first kappa shape index (κ1) is 13.8. The molecule has 0 aliphatic rings. The quantitative estimate of drug-likeness (QED) is 0.768. The van der Waals surface area contributed by atoms with Crippen LogP contribution in [0.25, 0.3) is 11.5 Å². The van der Waals surface area contributed by atoms with Gasteiger partial charge in [-0.3, -0.25) is 14.5 Å². The standard InChI is InChI=1S/C12H12N2O6/c15-11(16)6-14(7-12(17)18)5-8-4-10(20-13-8)9-2-1-3-19-9/h1-4H,5-7H2,(H,15,16)(H,17,18). The minimum Gasteiger partial charge on any atom is -0.480 e. The van der Waals surface area contributed by atoms with Crippen LogP contribution in [0.2, 0.25) is 0 Å². The first-order chi connectivity index (χ1) is 9.54. The third kappa shape index (κ3) is 3.69. The zero-order chi connectivity index (χ0) is 14.5. The van der Waals surface area contributed by atoms with Gasteiger partial charge in [0.2, 0.25) is 5.76 Å². The van der Waals surface area contributed by atoms with Gasteiger partial charge < -0.3 is 19.2 Å². The van der Waals surface area contributed by atoms with Crippen molar-refractivity contribution in [3.8, 4) is 11.5 Å². The Morgan fingerprint density at radius 2 is 1.90 bits per heavy atom. The molecule has 0 atom stereocenters. The Balaban J connectivity index is 2.06. The van der Waals surface area contributed by atoms with E-state index in [1.165, 1.54) is 11.2 Å². The zero-order valence-electron chi connectivity index (χ0n) is 10.4. The van der Waals surface area contributed by atoms with Crippen molar-refractivity contribution in [1.29, 1.82) is 0 Å². The summed E-state index contributed by atoms with van der Waals surface area (Å²) < 4.78 is 10.2. The van der Waals surface area contributed by atoms with Crippen LogP contribution in [0.5, 0.6) is 0 Å². The van der Waals surface area contributed by atoms with Crippen molar-refractivity contribution in [2.75, 3.05) is 13.1 Å². The molecule has 0 amide bonds. The highest BCUT2D eigenvalue weighted by Crippen LogP contribution is 2.21. The van der Waals surface area contributed by atoms with E-state index in [4.69, 9.17) is 19.2 Å². The second-order valence-electron chi connectivity index (χ2n) is 4.09. The molecule has 0 saturated carbocycles. The Hall–Kier alpha value is -2.61. The second kappa shape index (κ2) is 6.02. The van der Waals surface area contributed by atoms with E-state index in [2.05, 4.69) is 5.16 Å². The van der Waals surface area contributed by atoms with Gasteiger partial charge in [0.1, 0.15) is 0 Å². The van der Waals surface area contributed by atoms with E-state index < -0.39 is 25.0 Å². The molecule has 0 aliphatic carbocycles. The number of hydrogen-bond donors (Lipinski definition) is 2. The number of rotatable bonds is 7.